The van der Waals surface area contributed by atoms with E-state index in [-0.39, 0.29) is 11.2 Å². The summed E-state index contributed by atoms with van der Waals surface area (Å²) in [6.45, 7) is 4.29. The first-order chi connectivity index (χ1) is 9.00. The van der Waals surface area contributed by atoms with Crippen molar-refractivity contribution >= 4 is 5.78 Å². The van der Waals surface area contributed by atoms with Crippen molar-refractivity contribution in [2.45, 2.75) is 26.7 Å². The summed E-state index contributed by atoms with van der Waals surface area (Å²) in [4.78, 5) is 12.7. The number of carbonyl (C=O) groups excluding carboxylic acids is 1. The highest BCUT2D eigenvalue weighted by Crippen LogP contribution is 2.49. The molecular formula is C15H21NO3. The van der Waals surface area contributed by atoms with Crippen molar-refractivity contribution in [3.8, 4) is 11.5 Å². The summed E-state index contributed by atoms with van der Waals surface area (Å²) in [7, 11) is 3.20. The van der Waals surface area contributed by atoms with Crippen LogP contribution in [-0.4, -0.2) is 26.5 Å². The summed E-state index contributed by atoms with van der Waals surface area (Å²) in [6, 6.07) is 1.78. The van der Waals surface area contributed by atoms with E-state index in [1.54, 1.807) is 20.3 Å². The average molecular weight is 263 g/mol. The molecule has 0 radical (unpaired) electrons. The van der Waals surface area contributed by atoms with Crippen LogP contribution in [0.25, 0.3) is 0 Å². The van der Waals surface area contributed by atoms with Gasteiger partial charge >= 0.3 is 0 Å². The Morgan fingerprint density at radius 3 is 2.32 bits per heavy atom. The Morgan fingerprint density at radius 1 is 1.26 bits per heavy atom. The molecule has 19 heavy (non-hydrogen) atoms. The quantitative estimate of drug-likeness (QED) is 0.828. The maximum Gasteiger partial charge on any atom is 0.174 e. The first kappa shape index (κ1) is 13.9. The van der Waals surface area contributed by atoms with E-state index in [1.807, 2.05) is 13.8 Å². The standard InChI is InChI=1S/C15H21NO3/c1-9-10(2)13(19-4)11(7-12(9)18-3)14(17)15(8-16)5-6-15/h7H,5-6,8,16H2,1-4H3. The number of rotatable bonds is 5. The molecule has 104 valence electrons. The fourth-order valence-electron chi connectivity index (χ4n) is 2.47. The highest BCUT2D eigenvalue weighted by atomic mass is 16.5. The van der Waals surface area contributed by atoms with Gasteiger partial charge in [-0.3, -0.25) is 4.79 Å². The number of hydrogen-bond donors (Lipinski definition) is 1. The fraction of sp³-hybridized carbons (Fsp3) is 0.533. The molecule has 4 nitrogen and oxygen atoms in total. The molecule has 0 aliphatic heterocycles. The van der Waals surface area contributed by atoms with Crippen LogP contribution in [0.3, 0.4) is 0 Å². The Labute approximate surface area is 113 Å². The molecule has 1 saturated carbocycles. The molecular weight excluding hydrogens is 242 g/mol. The summed E-state index contributed by atoms with van der Waals surface area (Å²) in [5.41, 5.74) is 7.89. The van der Waals surface area contributed by atoms with Gasteiger partial charge in [0.1, 0.15) is 11.5 Å². The van der Waals surface area contributed by atoms with Gasteiger partial charge in [-0.1, -0.05) is 0 Å². The van der Waals surface area contributed by atoms with Gasteiger partial charge in [-0.05, 0) is 43.9 Å². The van der Waals surface area contributed by atoms with Crippen molar-refractivity contribution in [2.24, 2.45) is 11.1 Å². The SMILES string of the molecule is COc1cc(C(=O)C2(CN)CC2)c(OC)c(C)c1C. The van der Waals surface area contributed by atoms with Crippen LogP contribution in [0.4, 0.5) is 0 Å². The summed E-state index contributed by atoms with van der Waals surface area (Å²) in [6.07, 6.45) is 1.72. The summed E-state index contributed by atoms with van der Waals surface area (Å²) < 4.78 is 10.8. The van der Waals surface area contributed by atoms with Gasteiger partial charge < -0.3 is 15.2 Å². The first-order valence-electron chi connectivity index (χ1n) is 6.48. The molecule has 0 bridgehead atoms. The number of hydrogen-bond acceptors (Lipinski definition) is 4. The topological polar surface area (TPSA) is 61.5 Å². The zero-order chi connectivity index (χ0) is 14.2. The van der Waals surface area contributed by atoms with Gasteiger partial charge in [-0.15, -0.1) is 0 Å². The molecule has 0 aromatic heterocycles. The van der Waals surface area contributed by atoms with Crippen molar-refractivity contribution in [1.29, 1.82) is 0 Å². The third-order valence-corrected chi connectivity index (χ3v) is 4.19. The normalized spacial score (nSPS) is 16.1. The second-order valence-electron chi connectivity index (χ2n) is 5.22. The monoisotopic (exact) mass is 263 g/mol. The van der Waals surface area contributed by atoms with Crippen LogP contribution in [0.5, 0.6) is 11.5 Å². The van der Waals surface area contributed by atoms with E-state index < -0.39 is 0 Å². The van der Waals surface area contributed by atoms with Gasteiger partial charge in [0.05, 0.1) is 19.8 Å². The molecule has 2 N–H and O–H groups in total. The van der Waals surface area contributed by atoms with Gasteiger partial charge in [-0.25, -0.2) is 0 Å². The molecule has 4 heteroatoms. The summed E-state index contributed by atoms with van der Waals surface area (Å²) in [5, 5.41) is 0. The number of ketones is 1. The molecule has 1 aliphatic carbocycles. The molecule has 1 aromatic carbocycles. The molecule has 0 saturated heterocycles. The number of ether oxygens (including phenoxy) is 2. The number of Topliss-reactive ketones (excluding diaryl/α,β-unsaturated/α-hetero) is 1. The zero-order valence-electron chi connectivity index (χ0n) is 12.0. The van der Waals surface area contributed by atoms with Crippen LogP contribution in [0.2, 0.25) is 0 Å². The Balaban J connectivity index is 2.56. The smallest absolute Gasteiger partial charge is 0.174 e. The van der Waals surface area contributed by atoms with Crippen molar-refractivity contribution in [3.63, 3.8) is 0 Å². The van der Waals surface area contributed by atoms with Crippen LogP contribution >= 0.6 is 0 Å². The number of methoxy groups -OCH3 is 2. The first-order valence-corrected chi connectivity index (χ1v) is 6.48. The van der Waals surface area contributed by atoms with Gasteiger partial charge in [-0.2, -0.15) is 0 Å². The van der Waals surface area contributed by atoms with Crippen LogP contribution in [-0.2, 0) is 0 Å². The van der Waals surface area contributed by atoms with Crippen LogP contribution < -0.4 is 15.2 Å². The van der Waals surface area contributed by atoms with E-state index in [0.29, 0.717) is 17.9 Å². The van der Waals surface area contributed by atoms with E-state index in [9.17, 15) is 4.79 Å². The lowest BCUT2D eigenvalue weighted by Gasteiger charge is -2.19. The minimum atomic E-state index is -0.375. The Hall–Kier alpha value is -1.55. The van der Waals surface area contributed by atoms with E-state index in [1.165, 1.54) is 0 Å². The molecule has 0 heterocycles. The molecule has 0 atom stereocenters. The number of carbonyl (C=O) groups is 1. The van der Waals surface area contributed by atoms with Crippen LogP contribution in [0.15, 0.2) is 6.07 Å². The van der Waals surface area contributed by atoms with E-state index >= 15 is 0 Å². The van der Waals surface area contributed by atoms with Gasteiger partial charge in [0.2, 0.25) is 0 Å². The molecule has 0 amide bonds. The Morgan fingerprint density at radius 2 is 1.89 bits per heavy atom. The molecule has 0 spiro atoms. The second-order valence-corrected chi connectivity index (χ2v) is 5.22. The van der Waals surface area contributed by atoms with Crippen molar-refractivity contribution in [2.75, 3.05) is 20.8 Å². The lowest BCUT2D eigenvalue weighted by atomic mass is 9.91. The van der Waals surface area contributed by atoms with Crippen molar-refractivity contribution in [3.05, 3.63) is 22.8 Å². The predicted molar refractivity (Wildman–Crippen MR) is 74.1 cm³/mol. The fourth-order valence-corrected chi connectivity index (χ4v) is 2.47. The number of benzene rings is 1. The molecule has 1 aliphatic rings. The predicted octanol–water partition coefficient (Wildman–Crippen LogP) is 2.24. The highest BCUT2D eigenvalue weighted by molar-refractivity contribution is 6.05. The van der Waals surface area contributed by atoms with Gasteiger partial charge in [0, 0.05) is 12.0 Å². The zero-order valence-corrected chi connectivity index (χ0v) is 12.0. The highest BCUT2D eigenvalue weighted by Gasteiger charge is 2.49. The minimum Gasteiger partial charge on any atom is -0.496 e. The van der Waals surface area contributed by atoms with Crippen LogP contribution in [0.1, 0.15) is 34.3 Å². The van der Waals surface area contributed by atoms with E-state index in [2.05, 4.69) is 0 Å². The molecule has 2 rings (SSSR count). The van der Waals surface area contributed by atoms with Crippen molar-refractivity contribution < 1.29 is 14.3 Å². The lowest BCUT2D eigenvalue weighted by molar-refractivity contribution is 0.0902. The Bertz CT molecular complexity index is 519. The minimum absolute atomic E-state index is 0.0771. The van der Waals surface area contributed by atoms with Gasteiger partial charge in [0.25, 0.3) is 0 Å². The largest absolute Gasteiger partial charge is 0.496 e. The summed E-state index contributed by atoms with van der Waals surface area (Å²) in [5.74, 6) is 1.44. The second kappa shape index (κ2) is 4.85. The average Bonchev–Trinajstić information content (AvgIpc) is 3.21. The Kier molecular flexibility index (Phi) is 3.54. The maximum absolute atomic E-state index is 12.7. The lowest BCUT2D eigenvalue weighted by Crippen LogP contribution is -2.26. The van der Waals surface area contributed by atoms with Crippen LogP contribution in [0, 0.1) is 19.3 Å². The van der Waals surface area contributed by atoms with Gasteiger partial charge in [0.15, 0.2) is 5.78 Å². The maximum atomic E-state index is 12.7. The van der Waals surface area contributed by atoms with Crippen molar-refractivity contribution in [1.82, 2.24) is 0 Å². The van der Waals surface area contributed by atoms with E-state index in [0.717, 1.165) is 29.7 Å². The molecule has 1 aromatic rings. The third kappa shape index (κ3) is 2.10. The number of nitrogens with two attached hydrogens (primary N) is 1. The summed E-state index contributed by atoms with van der Waals surface area (Å²) >= 11 is 0. The third-order valence-electron chi connectivity index (χ3n) is 4.19. The van der Waals surface area contributed by atoms with E-state index in [4.69, 9.17) is 15.2 Å². The molecule has 1 fully saturated rings. The molecule has 0 unspecified atom stereocenters.